The van der Waals surface area contributed by atoms with Crippen LogP contribution in [-0.2, 0) is 4.79 Å². The highest BCUT2D eigenvalue weighted by molar-refractivity contribution is 5.76. The van der Waals surface area contributed by atoms with Gasteiger partial charge < -0.3 is 10.4 Å². The maximum Gasteiger partial charge on any atom is 0.220 e. The molecule has 1 aromatic rings. The Morgan fingerprint density at radius 1 is 1.37 bits per heavy atom. The van der Waals surface area contributed by atoms with Crippen LogP contribution in [0.1, 0.15) is 31.7 Å². The maximum atomic E-state index is 11.6. The minimum Gasteiger partial charge on any atom is -0.396 e. The van der Waals surface area contributed by atoms with E-state index in [2.05, 4.69) is 5.32 Å². The molecule has 0 saturated heterocycles. The Bertz CT molecular complexity index is 387. The van der Waals surface area contributed by atoms with Crippen LogP contribution in [0.4, 0.5) is 0 Å². The number of rotatable bonds is 8. The fourth-order valence-electron chi connectivity index (χ4n) is 1.70. The van der Waals surface area contributed by atoms with Gasteiger partial charge in [0.2, 0.25) is 5.91 Å². The number of aliphatic hydroxyl groups excluding tert-OH is 1. The SMILES string of the molecule is CC(CCO)CNC(=O)CC/C=C/c1ccccc1. The fraction of sp³-hybridized carbons (Fsp3) is 0.438. The van der Waals surface area contributed by atoms with E-state index in [0.717, 1.165) is 18.4 Å². The average Bonchev–Trinajstić information content (AvgIpc) is 2.43. The largest absolute Gasteiger partial charge is 0.396 e. The molecule has 0 aliphatic heterocycles. The Labute approximate surface area is 115 Å². The third-order valence-corrected chi connectivity index (χ3v) is 2.92. The standard InChI is InChI=1S/C16H23NO2/c1-14(11-12-18)13-17-16(19)10-6-5-9-15-7-3-2-4-8-15/h2-5,7-9,14,18H,6,10-13H2,1H3,(H,17,19)/b9-5+. The molecule has 0 saturated carbocycles. The van der Waals surface area contributed by atoms with Gasteiger partial charge in [0.15, 0.2) is 0 Å². The summed E-state index contributed by atoms with van der Waals surface area (Å²) in [6.07, 6.45) is 6.03. The Kier molecular flexibility index (Phi) is 7.59. The van der Waals surface area contributed by atoms with Crippen molar-refractivity contribution in [3.8, 4) is 0 Å². The van der Waals surface area contributed by atoms with Crippen LogP contribution in [0.3, 0.4) is 0 Å². The van der Waals surface area contributed by atoms with Crippen molar-refractivity contribution in [1.29, 1.82) is 0 Å². The summed E-state index contributed by atoms with van der Waals surface area (Å²) in [6.45, 7) is 2.84. The lowest BCUT2D eigenvalue weighted by Crippen LogP contribution is -2.28. The molecule has 3 heteroatoms. The molecule has 2 N–H and O–H groups in total. The van der Waals surface area contributed by atoms with Crippen molar-refractivity contribution < 1.29 is 9.90 Å². The number of benzene rings is 1. The number of hydrogen-bond donors (Lipinski definition) is 2. The van der Waals surface area contributed by atoms with Crippen LogP contribution in [0.25, 0.3) is 6.08 Å². The zero-order valence-corrected chi connectivity index (χ0v) is 11.5. The maximum absolute atomic E-state index is 11.6. The molecular weight excluding hydrogens is 238 g/mol. The van der Waals surface area contributed by atoms with Gasteiger partial charge in [-0.05, 0) is 24.3 Å². The molecule has 3 nitrogen and oxygen atoms in total. The number of nitrogens with one attached hydrogen (secondary N) is 1. The Balaban J connectivity index is 2.15. The van der Waals surface area contributed by atoms with Crippen molar-refractivity contribution >= 4 is 12.0 Å². The van der Waals surface area contributed by atoms with Crippen molar-refractivity contribution in [2.45, 2.75) is 26.2 Å². The topological polar surface area (TPSA) is 49.3 Å². The van der Waals surface area contributed by atoms with E-state index < -0.39 is 0 Å². The molecule has 0 heterocycles. The van der Waals surface area contributed by atoms with Gasteiger partial charge in [-0.25, -0.2) is 0 Å². The minimum atomic E-state index is 0.0718. The third kappa shape index (κ3) is 7.42. The van der Waals surface area contributed by atoms with Crippen LogP contribution in [-0.4, -0.2) is 24.2 Å². The molecule has 1 atom stereocenters. The highest BCUT2D eigenvalue weighted by Gasteiger charge is 2.03. The van der Waals surface area contributed by atoms with Crippen LogP contribution in [0.15, 0.2) is 36.4 Å². The Morgan fingerprint density at radius 3 is 2.79 bits per heavy atom. The van der Waals surface area contributed by atoms with Gasteiger partial charge in [0, 0.05) is 19.6 Å². The molecule has 0 spiro atoms. The Hall–Kier alpha value is -1.61. The molecular formula is C16H23NO2. The van der Waals surface area contributed by atoms with E-state index in [1.807, 2.05) is 49.4 Å². The van der Waals surface area contributed by atoms with E-state index >= 15 is 0 Å². The third-order valence-electron chi connectivity index (χ3n) is 2.92. The summed E-state index contributed by atoms with van der Waals surface area (Å²) >= 11 is 0. The molecule has 0 aliphatic carbocycles. The second-order valence-electron chi connectivity index (χ2n) is 4.77. The summed E-state index contributed by atoms with van der Waals surface area (Å²) in [6, 6.07) is 10.0. The van der Waals surface area contributed by atoms with Crippen LogP contribution in [0, 0.1) is 5.92 Å². The molecule has 1 unspecified atom stereocenters. The van der Waals surface area contributed by atoms with Crippen LogP contribution in [0.2, 0.25) is 0 Å². The number of hydrogen-bond acceptors (Lipinski definition) is 2. The lowest BCUT2D eigenvalue weighted by Gasteiger charge is -2.10. The van der Waals surface area contributed by atoms with E-state index in [-0.39, 0.29) is 12.5 Å². The molecule has 0 aliphatic rings. The average molecular weight is 261 g/mol. The van der Waals surface area contributed by atoms with Crippen molar-refractivity contribution in [3.05, 3.63) is 42.0 Å². The van der Waals surface area contributed by atoms with E-state index in [9.17, 15) is 4.79 Å². The smallest absolute Gasteiger partial charge is 0.220 e. The van der Waals surface area contributed by atoms with Crippen LogP contribution in [0.5, 0.6) is 0 Å². The molecule has 1 amide bonds. The van der Waals surface area contributed by atoms with Gasteiger partial charge in [0.05, 0.1) is 0 Å². The molecule has 0 aromatic heterocycles. The second kappa shape index (κ2) is 9.34. The molecule has 1 aromatic carbocycles. The van der Waals surface area contributed by atoms with E-state index in [1.165, 1.54) is 0 Å². The lowest BCUT2D eigenvalue weighted by atomic mass is 10.1. The first-order valence-electron chi connectivity index (χ1n) is 6.81. The first-order valence-corrected chi connectivity index (χ1v) is 6.81. The summed E-state index contributed by atoms with van der Waals surface area (Å²) in [5, 5.41) is 11.6. The fourth-order valence-corrected chi connectivity index (χ4v) is 1.70. The quantitative estimate of drug-likeness (QED) is 0.755. The molecule has 0 bridgehead atoms. The van der Waals surface area contributed by atoms with Crippen LogP contribution >= 0.6 is 0 Å². The van der Waals surface area contributed by atoms with E-state index in [0.29, 0.717) is 18.9 Å². The zero-order valence-electron chi connectivity index (χ0n) is 11.5. The van der Waals surface area contributed by atoms with E-state index in [1.54, 1.807) is 0 Å². The monoisotopic (exact) mass is 261 g/mol. The number of aliphatic hydroxyl groups is 1. The van der Waals surface area contributed by atoms with Gasteiger partial charge in [-0.15, -0.1) is 0 Å². The summed E-state index contributed by atoms with van der Waals surface area (Å²) in [7, 11) is 0. The number of carbonyl (C=O) groups excluding carboxylic acids is 1. The summed E-state index contributed by atoms with van der Waals surface area (Å²) in [5.41, 5.74) is 1.15. The molecule has 0 radical (unpaired) electrons. The first-order chi connectivity index (χ1) is 9.22. The first kappa shape index (κ1) is 15.4. The zero-order chi connectivity index (χ0) is 13.9. The second-order valence-corrected chi connectivity index (χ2v) is 4.77. The van der Waals surface area contributed by atoms with Gasteiger partial charge in [0.1, 0.15) is 0 Å². The number of allylic oxidation sites excluding steroid dienone is 1. The highest BCUT2D eigenvalue weighted by Crippen LogP contribution is 2.03. The predicted molar refractivity (Wildman–Crippen MR) is 78.6 cm³/mol. The van der Waals surface area contributed by atoms with Gasteiger partial charge >= 0.3 is 0 Å². The minimum absolute atomic E-state index is 0.0718. The highest BCUT2D eigenvalue weighted by atomic mass is 16.3. The van der Waals surface area contributed by atoms with Gasteiger partial charge in [-0.3, -0.25) is 4.79 Å². The number of carbonyl (C=O) groups is 1. The molecule has 0 fully saturated rings. The molecule has 104 valence electrons. The van der Waals surface area contributed by atoms with E-state index in [4.69, 9.17) is 5.11 Å². The number of amides is 1. The van der Waals surface area contributed by atoms with Crippen molar-refractivity contribution in [1.82, 2.24) is 5.32 Å². The van der Waals surface area contributed by atoms with Gasteiger partial charge in [-0.2, -0.15) is 0 Å². The predicted octanol–water partition coefficient (Wildman–Crippen LogP) is 2.61. The van der Waals surface area contributed by atoms with Gasteiger partial charge in [-0.1, -0.05) is 49.4 Å². The summed E-state index contributed by atoms with van der Waals surface area (Å²) < 4.78 is 0. The summed E-state index contributed by atoms with van der Waals surface area (Å²) in [4.78, 5) is 11.6. The van der Waals surface area contributed by atoms with Gasteiger partial charge in [0.25, 0.3) is 0 Å². The van der Waals surface area contributed by atoms with Crippen molar-refractivity contribution in [3.63, 3.8) is 0 Å². The van der Waals surface area contributed by atoms with Crippen LogP contribution < -0.4 is 5.32 Å². The lowest BCUT2D eigenvalue weighted by molar-refractivity contribution is -0.121. The molecule has 19 heavy (non-hydrogen) atoms. The Morgan fingerprint density at radius 2 is 2.11 bits per heavy atom. The summed E-state index contributed by atoms with van der Waals surface area (Å²) in [5.74, 6) is 0.399. The molecule has 1 rings (SSSR count). The normalized spacial score (nSPS) is 12.5. The van der Waals surface area contributed by atoms with Crippen molar-refractivity contribution in [2.24, 2.45) is 5.92 Å². The van der Waals surface area contributed by atoms with Crippen molar-refractivity contribution in [2.75, 3.05) is 13.2 Å².